The van der Waals surface area contributed by atoms with E-state index in [1.165, 1.54) is 11.1 Å². The fourth-order valence-electron chi connectivity index (χ4n) is 2.05. The van der Waals surface area contributed by atoms with Crippen LogP contribution in [0, 0.1) is 6.92 Å². The van der Waals surface area contributed by atoms with Crippen molar-refractivity contribution in [3.05, 3.63) is 46.7 Å². The summed E-state index contributed by atoms with van der Waals surface area (Å²) in [6.07, 6.45) is 0.726. The van der Waals surface area contributed by atoms with Gasteiger partial charge >= 0.3 is 5.97 Å². The molecular weight excluding hydrogens is 272 g/mol. The molecule has 0 bridgehead atoms. The molecule has 0 radical (unpaired) electrons. The summed E-state index contributed by atoms with van der Waals surface area (Å²) in [5.41, 5.74) is 3.77. The Labute approximate surface area is 124 Å². The van der Waals surface area contributed by atoms with Crippen LogP contribution in [-0.2, 0) is 16.0 Å². The maximum atomic E-state index is 12.0. The zero-order valence-corrected chi connectivity index (χ0v) is 12.5. The number of hydrogen-bond donors (Lipinski definition) is 2. The average Bonchev–Trinajstić information content (AvgIpc) is 2.40. The lowest BCUT2D eigenvalue weighted by Gasteiger charge is -2.20. The van der Waals surface area contributed by atoms with Crippen LogP contribution in [0.1, 0.15) is 18.1 Å². The molecule has 2 N–H and O–H groups in total. The summed E-state index contributed by atoms with van der Waals surface area (Å²) >= 11 is 4.98. The van der Waals surface area contributed by atoms with Crippen LogP contribution in [0.3, 0.4) is 0 Å². The van der Waals surface area contributed by atoms with Crippen LogP contribution < -0.4 is 10.6 Å². The number of thiocarbonyl (C=S) groups is 1. The number of aryl methyl sites for hydroxylation is 1. The molecule has 0 atom stereocenters. The molecule has 20 heavy (non-hydrogen) atoms. The molecule has 0 spiro atoms. The second kappa shape index (κ2) is 6.52. The van der Waals surface area contributed by atoms with Crippen LogP contribution in [0.4, 0.5) is 0 Å². The van der Waals surface area contributed by atoms with Gasteiger partial charge in [0.2, 0.25) is 0 Å². The highest BCUT2D eigenvalue weighted by molar-refractivity contribution is 7.80. The van der Waals surface area contributed by atoms with Gasteiger partial charge in [-0.25, -0.2) is 4.79 Å². The van der Waals surface area contributed by atoms with Gasteiger partial charge in [-0.05, 0) is 37.2 Å². The third-order valence-electron chi connectivity index (χ3n) is 3.29. The molecule has 0 fully saturated rings. The zero-order valence-electron chi connectivity index (χ0n) is 11.7. The van der Waals surface area contributed by atoms with E-state index in [4.69, 9.17) is 17.0 Å². The highest BCUT2D eigenvalue weighted by Crippen LogP contribution is 2.10. The van der Waals surface area contributed by atoms with Gasteiger partial charge in [0, 0.05) is 12.1 Å². The summed E-state index contributed by atoms with van der Waals surface area (Å²) in [5.74, 6) is -0.293. The normalized spacial score (nSPS) is 14.6. The van der Waals surface area contributed by atoms with Crippen molar-refractivity contribution in [1.82, 2.24) is 10.6 Å². The minimum atomic E-state index is -0.293. The largest absolute Gasteiger partial charge is 0.462 e. The maximum Gasteiger partial charge on any atom is 0.337 e. The molecule has 106 valence electrons. The van der Waals surface area contributed by atoms with Gasteiger partial charge in [-0.1, -0.05) is 24.3 Å². The summed E-state index contributed by atoms with van der Waals surface area (Å²) in [6.45, 7) is 4.68. The van der Waals surface area contributed by atoms with E-state index in [0.717, 1.165) is 12.1 Å². The van der Waals surface area contributed by atoms with Crippen LogP contribution in [-0.4, -0.2) is 24.2 Å². The summed E-state index contributed by atoms with van der Waals surface area (Å²) in [6, 6.07) is 8.10. The van der Waals surface area contributed by atoms with Crippen LogP contribution in [0.25, 0.3) is 0 Å². The fraction of sp³-hybridized carbons (Fsp3) is 0.333. The second-order valence-corrected chi connectivity index (χ2v) is 5.13. The molecule has 1 aromatic rings. The molecular formula is C15H18N2O2S. The predicted octanol–water partition coefficient (Wildman–Crippen LogP) is 1.83. The maximum absolute atomic E-state index is 12.0. The van der Waals surface area contributed by atoms with Gasteiger partial charge in [0.25, 0.3) is 0 Å². The molecule has 4 nitrogen and oxygen atoms in total. The third kappa shape index (κ3) is 3.57. The predicted molar refractivity (Wildman–Crippen MR) is 82.3 cm³/mol. The molecule has 1 aliphatic rings. The Morgan fingerprint density at radius 1 is 1.35 bits per heavy atom. The van der Waals surface area contributed by atoms with Crippen molar-refractivity contribution in [3.8, 4) is 0 Å². The first-order valence-electron chi connectivity index (χ1n) is 6.54. The van der Waals surface area contributed by atoms with Gasteiger partial charge in [0.15, 0.2) is 5.11 Å². The first-order valence-corrected chi connectivity index (χ1v) is 6.95. The molecule has 1 aliphatic heterocycles. The Morgan fingerprint density at radius 3 is 2.80 bits per heavy atom. The van der Waals surface area contributed by atoms with Crippen molar-refractivity contribution in [3.63, 3.8) is 0 Å². The smallest absolute Gasteiger partial charge is 0.337 e. The number of hydrogen-bond acceptors (Lipinski definition) is 3. The Hall–Kier alpha value is -1.88. The fourth-order valence-corrected chi connectivity index (χ4v) is 2.27. The van der Waals surface area contributed by atoms with Gasteiger partial charge < -0.3 is 15.4 Å². The molecule has 0 unspecified atom stereocenters. The average molecular weight is 290 g/mol. The molecule has 2 rings (SSSR count). The van der Waals surface area contributed by atoms with Crippen LogP contribution in [0.2, 0.25) is 0 Å². The monoisotopic (exact) mass is 290 g/mol. The van der Waals surface area contributed by atoms with Crippen molar-refractivity contribution in [2.45, 2.75) is 20.3 Å². The standard InChI is InChI=1S/C15H18N2O2S/c1-10-5-3-4-6-12(10)7-8-19-14(18)13-9-16-15(20)17-11(13)2/h3-6H,7-9H2,1-2H3,(H2,16,17,20). The molecule has 0 saturated carbocycles. The van der Waals surface area contributed by atoms with E-state index in [2.05, 4.69) is 29.7 Å². The number of ether oxygens (including phenoxy) is 1. The lowest BCUT2D eigenvalue weighted by atomic mass is 10.1. The summed E-state index contributed by atoms with van der Waals surface area (Å²) < 4.78 is 5.33. The van der Waals surface area contributed by atoms with Gasteiger partial charge in [-0.15, -0.1) is 0 Å². The van der Waals surface area contributed by atoms with Crippen molar-refractivity contribution in [2.75, 3.05) is 13.2 Å². The highest BCUT2D eigenvalue weighted by atomic mass is 32.1. The SMILES string of the molecule is CC1=C(C(=O)OCCc2ccccc2C)CNC(=S)N1. The van der Waals surface area contributed by atoms with Crippen LogP contribution in [0.5, 0.6) is 0 Å². The van der Waals surface area contributed by atoms with Gasteiger partial charge in [0.05, 0.1) is 18.7 Å². The molecule has 0 amide bonds. The molecule has 5 heteroatoms. The Kier molecular flexibility index (Phi) is 4.74. The number of rotatable bonds is 4. The lowest BCUT2D eigenvalue weighted by Crippen LogP contribution is -2.43. The van der Waals surface area contributed by atoms with Crippen LogP contribution in [0.15, 0.2) is 35.5 Å². The molecule has 1 aromatic carbocycles. The lowest BCUT2D eigenvalue weighted by molar-refractivity contribution is -0.139. The van der Waals surface area contributed by atoms with Gasteiger partial charge in [-0.2, -0.15) is 0 Å². The van der Waals surface area contributed by atoms with Crippen molar-refractivity contribution < 1.29 is 9.53 Å². The second-order valence-electron chi connectivity index (χ2n) is 4.72. The number of carbonyl (C=O) groups is 1. The number of carbonyl (C=O) groups excluding carboxylic acids is 1. The number of esters is 1. The Balaban J connectivity index is 1.89. The molecule has 0 aromatic heterocycles. The van der Waals surface area contributed by atoms with Crippen LogP contribution >= 0.6 is 12.2 Å². The molecule has 0 aliphatic carbocycles. The quantitative estimate of drug-likeness (QED) is 0.654. The minimum absolute atomic E-state index is 0.293. The van der Waals surface area contributed by atoms with E-state index in [1.54, 1.807) is 0 Å². The van der Waals surface area contributed by atoms with E-state index in [1.807, 2.05) is 19.1 Å². The van der Waals surface area contributed by atoms with E-state index in [-0.39, 0.29) is 5.97 Å². The number of allylic oxidation sites excluding steroid dienone is 1. The topological polar surface area (TPSA) is 50.4 Å². The zero-order chi connectivity index (χ0) is 14.5. The molecule has 0 saturated heterocycles. The summed E-state index contributed by atoms with van der Waals surface area (Å²) in [7, 11) is 0. The first kappa shape index (κ1) is 14.5. The van der Waals surface area contributed by atoms with E-state index in [9.17, 15) is 4.79 Å². The van der Waals surface area contributed by atoms with Crippen molar-refractivity contribution in [1.29, 1.82) is 0 Å². The summed E-state index contributed by atoms with van der Waals surface area (Å²) in [5, 5.41) is 6.39. The van der Waals surface area contributed by atoms with Gasteiger partial charge in [0.1, 0.15) is 0 Å². The third-order valence-corrected chi connectivity index (χ3v) is 3.54. The van der Waals surface area contributed by atoms with E-state index in [0.29, 0.717) is 23.8 Å². The number of nitrogens with one attached hydrogen (secondary N) is 2. The first-order chi connectivity index (χ1) is 9.58. The minimum Gasteiger partial charge on any atom is -0.462 e. The van der Waals surface area contributed by atoms with E-state index >= 15 is 0 Å². The van der Waals surface area contributed by atoms with Crippen molar-refractivity contribution in [2.24, 2.45) is 0 Å². The number of benzene rings is 1. The van der Waals surface area contributed by atoms with Crippen molar-refractivity contribution >= 4 is 23.3 Å². The Bertz CT molecular complexity index is 567. The summed E-state index contributed by atoms with van der Waals surface area (Å²) in [4.78, 5) is 12.0. The molecule has 1 heterocycles. The Morgan fingerprint density at radius 2 is 2.10 bits per heavy atom. The van der Waals surface area contributed by atoms with Gasteiger partial charge in [-0.3, -0.25) is 0 Å². The highest BCUT2D eigenvalue weighted by Gasteiger charge is 2.19. The van der Waals surface area contributed by atoms with E-state index < -0.39 is 0 Å².